The van der Waals surface area contributed by atoms with Crippen LogP contribution in [-0.4, -0.2) is 49.8 Å². The van der Waals surface area contributed by atoms with Crippen molar-refractivity contribution < 1.29 is 45.8 Å². The zero-order valence-electron chi connectivity index (χ0n) is 17.8. The maximum atomic E-state index is 13.4. The molecule has 0 spiro atoms. The lowest BCUT2D eigenvalue weighted by molar-refractivity contribution is -0.192. The van der Waals surface area contributed by atoms with Gasteiger partial charge in [-0.3, -0.25) is 4.72 Å². The third kappa shape index (κ3) is 7.63. The average Bonchev–Trinajstić information content (AvgIpc) is 2.70. The first-order valence-electron chi connectivity index (χ1n) is 9.35. The van der Waals surface area contributed by atoms with Crippen molar-refractivity contribution in [2.75, 3.05) is 22.7 Å². The van der Waals surface area contributed by atoms with E-state index in [4.69, 9.17) is 9.90 Å². The molecule has 0 bridgehead atoms. The molecule has 33 heavy (non-hydrogen) atoms. The third-order valence-corrected chi connectivity index (χ3v) is 5.79. The lowest BCUT2D eigenvalue weighted by Gasteiger charge is -2.23. The van der Waals surface area contributed by atoms with Crippen LogP contribution >= 0.6 is 0 Å². The van der Waals surface area contributed by atoms with Gasteiger partial charge in [0.25, 0.3) is 10.0 Å². The Morgan fingerprint density at radius 2 is 1.58 bits per heavy atom. The number of anilines is 2. The van der Waals surface area contributed by atoms with Gasteiger partial charge in [0.2, 0.25) is 0 Å². The standard InChI is InChI=1S/C18H21FN2O4S.C2HF3O2/c1-4-21(5-2)16-9-8-14(11-15(16)18(22)23)20-26(24,25)17-10-13(19)7-6-12(17)3;3-2(4,5)1(6)7/h6-11,20H,4-5H2,1-3H3,(H,22,23);(H,6,7). The molecule has 0 amide bonds. The molecule has 182 valence electrons. The molecule has 3 N–H and O–H groups in total. The fraction of sp³-hybridized carbons (Fsp3) is 0.300. The van der Waals surface area contributed by atoms with Gasteiger partial charge in [0.15, 0.2) is 0 Å². The van der Waals surface area contributed by atoms with Crippen molar-refractivity contribution >= 4 is 33.3 Å². The highest BCUT2D eigenvalue weighted by atomic mass is 32.2. The summed E-state index contributed by atoms with van der Waals surface area (Å²) in [5.74, 6) is -4.58. The van der Waals surface area contributed by atoms with Crippen LogP contribution in [0.15, 0.2) is 41.3 Å². The number of hydrogen-bond donors (Lipinski definition) is 3. The number of carbonyl (C=O) groups is 2. The number of aliphatic carboxylic acids is 1. The Kier molecular flexibility index (Phi) is 9.22. The van der Waals surface area contributed by atoms with Crippen molar-refractivity contribution in [3.63, 3.8) is 0 Å². The molecule has 2 aromatic carbocycles. The summed E-state index contributed by atoms with van der Waals surface area (Å²) in [6.45, 7) is 6.59. The van der Waals surface area contributed by atoms with Gasteiger partial charge in [0.05, 0.1) is 16.1 Å². The smallest absolute Gasteiger partial charge is 0.478 e. The monoisotopic (exact) mass is 494 g/mol. The number of sulfonamides is 1. The topological polar surface area (TPSA) is 124 Å². The van der Waals surface area contributed by atoms with Crippen LogP contribution < -0.4 is 9.62 Å². The Morgan fingerprint density at radius 1 is 1.03 bits per heavy atom. The lowest BCUT2D eigenvalue weighted by Crippen LogP contribution is -2.24. The summed E-state index contributed by atoms with van der Waals surface area (Å²) in [6, 6.07) is 7.80. The first-order valence-corrected chi connectivity index (χ1v) is 10.8. The minimum atomic E-state index is -5.08. The molecule has 0 aliphatic heterocycles. The van der Waals surface area contributed by atoms with Gasteiger partial charge in [-0.2, -0.15) is 13.2 Å². The van der Waals surface area contributed by atoms with E-state index in [2.05, 4.69) is 4.72 Å². The second kappa shape index (κ2) is 11.0. The molecule has 0 unspecified atom stereocenters. The number of halogens is 4. The van der Waals surface area contributed by atoms with Crippen LogP contribution in [-0.2, 0) is 14.8 Å². The number of aryl methyl sites for hydroxylation is 1. The van der Waals surface area contributed by atoms with Crippen LogP contribution in [0.2, 0.25) is 0 Å². The van der Waals surface area contributed by atoms with E-state index < -0.39 is 34.0 Å². The molecule has 0 aliphatic carbocycles. The molecule has 8 nitrogen and oxygen atoms in total. The highest BCUT2D eigenvalue weighted by molar-refractivity contribution is 7.92. The summed E-state index contributed by atoms with van der Waals surface area (Å²) in [5.41, 5.74) is 0.983. The second-order valence-corrected chi connectivity index (χ2v) is 8.18. The van der Waals surface area contributed by atoms with E-state index in [1.807, 2.05) is 18.7 Å². The fourth-order valence-corrected chi connectivity index (χ4v) is 3.99. The first-order chi connectivity index (χ1) is 15.1. The van der Waals surface area contributed by atoms with E-state index in [0.717, 1.165) is 6.07 Å². The normalized spacial score (nSPS) is 11.2. The molecule has 2 rings (SSSR count). The molecule has 0 saturated heterocycles. The average molecular weight is 494 g/mol. The number of carboxylic acids is 2. The Bertz CT molecular complexity index is 1120. The van der Waals surface area contributed by atoms with E-state index in [0.29, 0.717) is 24.3 Å². The number of carboxylic acid groups (broad SMARTS) is 2. The number of benzene rings is 2. The number of nitrogens with one attached hydrogen (secondary N) is 1. The Hall–Kier alpha value is -3.35. The van der Waals surface area contributed by atoms with E-state index in [9.17, 15) is 35.9 Å². The van der Waals surface area contributed by atoms with Crippen LogP contribution in [0.5, 0.6) is 0 Å². The number of rotatable bonds is 7. The SMILES string of the molecule is CCN(CC)c1ccc(NS(=O)(=O)c2cc(F)ccc2C)cc1C(=O)O.O=C(O)C(F)(F)F. The number of aromatic carboxylic acids is 1. The van der Waals surface area contributed by atoms with Crippen LogP contribution in [0.25, 0.3) is 0 Å². The minimum Gasteiger partial charge on any atom is -0.478 e. The number of alkyl halides is 3. The molecule has 0 saturated carbocycles. The highest BCUT2D eigenvalue weighted by Crippen LogP contribution is 2.27. The van der Waals surface area contributed by atoms with Crippen molar-refractivity contribution in [3.8, 4) is 0 Å². The van der Waals surface area contributed by atoms with E-state index >= 15 is 0 Å². The molecular weight excluding hydrogens is 472 g/mol. The highest BCUT2D eigenvalue weighted by Gasteiger charge is 2.38. The summed E-state index contributed by atoms with van der Waals surface area (Å²) in [5, 5.41) is 16.6. The van der Waals surface area contributed by atoms with Crippen LogP contribution in [0.3, 0.4) is 0 Å². The molecule has 0 fully saturated rings. The largest absolute Gasteiger partial charge is 0.490 e. The van der Waals surface area contributed by atoms with E-state index in [1.165, 1.54) is 24.3 Å². The Balaban J connectivity index is 0.000000675. The molecule has 0 radical (unpaired) electrons. The maximum absolute atomic E-state index is 13.4. The van der Waals surface area contributed by atoms with Gasteiger partial charge in [0.1, 0.15) is 5.82 Å². The first kappa shape index (κ1) is 27.7. The number of hydrogen-bond acceptors (Lipinski definition) is 5. The number of nitrogens with zero attached hydrogens (tertiary/aromatic N) is 1. The quantitative estimate of drug-likeness (QED) is 0.495. The lowest BCUT2D eigenvalue weighted by atomic mass is 10.1. The van der Waals surface area contributed by atoms with E-state index in [1.54, 1.807) is 13.0 Å². The van der Waals surface area contributed by atoms with Gasteiger partial charge in [-0.1, -0.05) is 6.07 Å². The van der Waals surface area contributed by atoms with Crippen molar-refractivity contribution in [1.82, 2.24) is 0 Å². The van der Waals surface area contributed by atoms with E-state index in [-0.39, 0.29) is 16.1 Å². The molecule has 2 aromatic rings. The van der Waals surface area contributed by atoms with Crippen LogP contribution in [0.1, 0.15) is 29.8 Å². The Morgan fingerprint density at radius 3 is 2.03 bits per heavy atom. The van der Waals surface area contributed by atoms with Crippen LogP contribution in [0.4, 0.5) is 28.9 Å². The summed E-state index contributed by atoms with van der Waals surface area (Å²) in [6.07, 6.45) is -5.08. The van der Waals surface area contributed by atoms with Gasteiger partial charge in [-0.05, 0) is 56.7 Å². The summed E-state index contributed by atoms with van der Waals surface area (Å²) < 4.78 is 72.6. The van der Waals surface area contributed by atoms with Crippen LogP contribution in [0, 0.1) is 12.7 Å². The van der Waals surface area contributed by atoms with Crippen molar-refractivity contribution in [2.24, 2.45) is 0 Å². The zero-order valence-corrected chi connectivity index (χ0v) is 18.6. The molecular formula is C20H22F4N2O6S. The maximum Gasteiger partial charge on any atom is 0.490 e. The third-order valence-electron chi connectivity index (χ3n) is 4.27. The molecule has 0 aliphatic rings. The van der Waals surface area contributed by atoms with Gasteiger partial charge in [-0.25, -0.2) is 22.4 Å². The van der Waals surface area contributed by atoms with Crippen molar-refractivity contribution in [3.05, 3.63) is 53.3 Å². The summed E-state index contributed by atoms with van der Waals surface area (Å²) >= 11 is 0. The van der Waals surface area contributed by atoms with Gasteiger partial charge < -0.3 is 15.1 Å². The fourth-order valence-electron chi connectivity index (χ4n) is 2.68. The predicted molar refractivity (Wildman–Crippen MR) is 113 cm³/mol. The Labute approximate surface area is 187 Å². The summed E-state index contributed by atoms with van der Waals surface area (Å²) in [7, 11) is -4.05. The zero-order chi connectivity index (χ0) is 25.6. The minimum absolute atomic E-state index is 0.00939. The molecule has 0 aromatic heterocycles. The predicted octanol–water partition coefficient (Wildman–Crippen LogP) is 4.11. The summed E-state index contributed by atoms with van der Waals surface area (Å²) in [4.78, 5) is 22.2. The van der Waals surface area contributed by atoms with Crippen molar-refractivity contribution in [1.29, 1.82) is 0 Å². The van der Waals surface area contributed by atoms with Gasteiger partial charge in [0, 0.05) is 18.8 Å². The molecule has 0 heterocycles. The van der Waals surface area contributed by atoms with Crippen molar-refractivity contribution in [2.45, 2.75) is 31.8 Å². The van der Waals surface area contributed by atoms with Gasteiger partial charge >= 0.3 is 18.1 Å². The van der Waals surface area contributed by atoms with Gasteiger partial charge in [-0.15, -0.1) is 0 Å². The molecule has 13 heteroatoms. The second-order valence-electron chi connectivity index (χ2n) is 6.53. The molecule has 0 atom stereocenters.